The fourth-order valence-electron chi connectivity index (χ4n) is 3.22. The number of rotatable bonds is 3. The van der Waals surface area contributed by atoms with Crippen LogP contribution in [-0.4, -0.2) is 35.0 Å². The normalized spacial score (nSPS) is 21.6. The lowest BCUT2D eigenvalue weighted by Gasteiger charge is -2.37. The number of carbonyl (C=O) groups excluding carboxylic acids is 1. The molecule has 1 saturated heterocycles. The summed E-state index contributed by atoms with van der Waals surface area (Å²) >= 11 is 0. The summed E-state index contributed by atoms with van der Waals surface area (Å²) in [5.74, 6) is -0.996. The number of benzene rings is 1. The van der Waals surface area contributed by atoms with E-state index < -0.39 is 11.4 Å². The van der Waals surface area contributed by atoms with Gasteiger partial charge in [-0.3, -0.25) is 9.59 Å². The topological polar surface area (TPSA) is 70.8 Å². The minimum Gasteiger partial charge on any atom is -0.481 e. The third kappa shape index (κ3) is 2.71. The number of fused-ring (bicyclic) bond motifs is 1. The van der Waals surface area contributed by atoms with E-state index >= 15 is 0 Å². The van der Waals surface area contributed by atoms with Crippen LogP contribution in [0.25, 0.3) is 11.0 Å². The zero-order valence-electron chi connectivity index (χ0n) is 13.5. The highest BCUT2D eigenvalue weighted by atomic mass is 16.4. The molecule has 122 valence electrons. The molecule has 1 aromatic heterocycles. The van der Waals surface area contributed by atoms with E-state index in [9.17, 15) is 14.7 Å². The fourth-order valence-corrected chi connectivity index (χ4v) is 3.22. The SMILES string of the molecule is CCc1ccc2occ(C(=O)N3CCCC(C)(C(=O)O)C3)c2c1. The van der Waals surface area contributed by atoms with Gasteiger partial charge < -0.3 is 14.4 Å². The number of hydrogen-bond acceptors (Lipinski definition) is 3. The first kappa shape index (κ1) is 15.6. The first-order valence-corrected chi connectivity index (χ1v) is 7.97. The van der Waals surface area contributed by atoms with E-state index in [-0.39, 0.29) is 12.5 Å². The largest absolute Gasteiger partial charge is 0.481 e. The lowest BCUT2D eigenvalue weighted by molar-refractivity contribution is -0.150. The number of carbonyl (C=O) groups is 2. The number of furan rings is 1. The van der Waals surface area contributed by atoms with E-state index in [2.05, 4.69) is 6.92 Å². The quantitative estimate of drug-likeness (QED) is 0.943. The Morgan fingerprint density at radius 3 is 2.87 bits per heavy atom. The predicted octanol–water partition coefficient (Wildman–Crippen LogP) is 3.32. The second-order valence-electron chi connectivity index (χ2n) is 6.53. The highest BCUT2D eigenvalue weighted by Gasteiger charge is 2.39. The summed E-state index contributed by atoms with van der Waals surface area (Å²) < 4.78 is 5.50. The average molecular weight is 315 g/mol. The molecular formula is C18H21NO4. The molecule has 1 aromatic carbocycles. The number of aliphatic carboxylic acids is 1. The summed E-state index contributed by atoms with van der Waals surface area (Å²) in [5, 5.41) is 10.2. The van der Waals surface area contributed by atoms with Crippen molar-refractivity contribution < 1.29 is 19.1 Å². The van der Waals surface area contributed by atoms with E-state index in [1.54, 1.807) is 11.8 Å². The number of hydrogen-bond donors (Lipinski definition) is 1. The van der Waals surface area contributed by atoms with Crippen LogP contribution in [-0.2, 0) is 11.2 Å². The molecule has 1 N–H and O–H groups in total. The Hall–Kier alpha value is -2.30. The number of carboxylic acids is 1. The maximum absolute atomic E-state index is 12.9. The third-order valence-corrected chi connectivity index (χ3v) is 4.78. The molecule has 0 saturated carbocycles. The summed E-state index contributed by atoms with van der Waals surface area (Å²) in [6.07, 6.45) is 3.66. The number of amides is 1. The van der Waals surface area contributed by atoms with Gasteiger partial charge in [0.15, 0.2) is 0 Å². The fraction of sp³-hybridized carbons (Fsp3) is 0.444. The predicted molar refractivity (Wildman–Crippen MR) is 86.5 cm³/mol. The van der Waals surface area contributed by atoms with Gasteiger partial charge in [0.25, 0.3) is 5.91 Å². The molecule has 3 rings (SSSR count). The average Bonchev–Trinajstić information content (AvgIpc) is 2.97. The molecule has 1 unspecified atom stereocenters. The van der Waals surface area contributed by atoms with Crippen molar-refractivity contribution in [2.45, 2.75) is 33.1 Å². The number of likely N-dealkylation sites (tertiary alicyclic amines) is 1. The molecule has 5 nitrogen and oxygen atoms in total. The molecule has 1 amide bonds. The van der Waals surface area contributed by atoms with Crippen LogP contribution >= 0.6 is 0 Å². The standard InChI is InChI=1S/C18H21NO4/c1-3-12-5-6-15-13(9-12)14(10-23-15)16(20)19-8-4-7-18(2,11-19)17(21)22/h5-6,9-10H,3-4,7-8,11H2,1-2H3,(H,21,22). The van der Waals surface area contributed by atoms with Crippen LogP contribution in [0.1, 0.15) is 42.6 Å². The van der Waals surface area contributed by atoms with E-state index in [1.807, 2.05) is 18.2 Å². The van der Waals surface area contributed by atoms with Crippen LogP contribution < -0.4 is 0 Å². The smallest absolute Gasteiger partial charge is 0.311 e. The molecule has 1 aliphatic heterocycles. The Morgan fingerprint density at radius 2 is 2.17 bits per heavy atom. The number of piperidine rings is 1. The monoisotopic (exact) mass is 315 g/mol. The molecule has 0 aliphatic carbocycles. The van der Waals surface area contributed by atoms with Gasteiger partial charge in [0.2, 0.25) is 0 Å². The van der Waals surface area contributed by atoms with Gasteiger partial charge in [-0.05, 0) is 43.9 Å². The van der Waals surface area contributed by atoms with Crippen molar-refractivity contribution >= 4 is 22.8 Å². The minimum atomic E-state index is -0.873. The molecular weight excluding hydrogens is 294 g/mol. The second-order valence-corrected chi connectivity index (χ2v) is 6.53. The van der Waals surface area contributed by atoms with E-state index in [0.29, 0.717) is 30.5 Å². The number of aryl methyl sites for hydroxylation is 1. The summed E-state index contributed by atoms with van der Waals surface area (Å²) in [7, 11) is 0. The van der Waals surface area contributed by atoms with Crippen LogP contribution in [0.3, 0.4) is 0 Å². The molecule has 0 radical (unpaired) electrons. The Bertz CT molecular complexity index is 763. The molecule has 0 spiro atoms. The van der Waals surface area contributed by atoms with Gasteiger partial charge in [-0.25, -0.2) is 0 Å². The zero-order chi connectivity index (χ0) is 16.6. The van der Waals surface area contributed by atoms with Crippen molar-refractivity contribution in [3.63, 3.8) is 0 Å². The van der Waals surface area contributed by atoms with Crippen LogP contribution in [0.4, 0.5) is 0 Å². The van der Waals surface area contributed by atoms with Crippen molar-refractivity contribution in [1.82, 2.24) is 4.90 Å². The summed E-state index contributed by atoms with van der Waals surface area (Å²) in [5.41, 5.74) is 1.47. The van der Waals surface area contributed by atoms with Crippen LogP contribution in [0.2, 0.25) is 0 Å². The van der Waals surface area contributed by atoms with Crippen LogP contribution in [0.5, 0.6) is 0 Å². The Morgan fingerprint density at radius 1 is 1.39 bits per heavy atom. The molecule has 5 heteroatoms. The molecule has 23 heavy (non-hydrogen) atoms. The third-order valence-electron chi connectivity index (χ3n) is 4.78. The maximum Gasteiger partial charge on any atom is 0.311 e. The van der Waals surface area contributed by atoms with E-state index in [4.69, 9.17) is 4.42 Å². The Balaban J connectivity index is 1.92. The Kier molecular flexibility index (Phi) is 3.88. The maximum atomic E-state index is 12.9. The first-order chi connectivity index (χ1) is 10.9. The van der Waals surface area contributed by atoms with Gasteiger partial charge in [0.1, 0.15) is 11.8 Å². The number of carboxylic acid groups (broad SMARTS) is 1. The molecule has 1 fully saturated rings. The molecule has 1 aliphatic rings. The number of nitrogens with zero attached hydrogens (tertiary/aromatic N) is 1. The zero-order valence-corrected chi connectivity index (χ0v) is 13.5. The van der Waals surface area contributed by atoms with Crippen molar-refractivity contribution in [3.05, 3.63) is 35.6 Å². The van der Waals surface area contributed by atoms with Gasteiger partial charge in [-0.15, -0.1) is 0 Å². The lowest BCUT2D eigenvalue weighted by atomic mass is 9.82. The first-order valence-electron chi connectivity index (χ1n) is 7.97. The highest BCUT2D eigenvalue weighted by Crippen LogP contribution is 2.32. The van der Waals surface area contributed by atoms with Crippen LogP contribution in [0.15, 0.2) is 28.9 Å². The van der Waals surface area contributed by atoms with E-state index in [0.717, 1.165) is 17.4 Å². The summed E-state index contributed by atoms with van der Waals surface area (Å²) in [6, 6.07) is 5.84. The molecule has 2 aromatic rings. The van der Waals surface area contributed by atoms with E-state index in [1.165, 1.54) is 6.26 Å². The minimum absolute atomic E-state index is 0.149. The molecule has 0 bridgehead atoms. The van der Waals surface area contributed by atoms with Crippen molar-refractivity contribution in [1.29, 1.82) is 0 Å². The molecule has 2 heterocycles. The summed E-state index contributed by atoms with van der Waals surface area (Å²) in [4.78, 5) is 26.0. The van der Waals surface area contributed by atoms with Gasteiger partial charge in [0.05, 0.1) is 11.0 Å². The lowest BCUT2D eigenvalue weighted by Crippen LogP contribution is -2.48. The van der Waals surface area contributed by atoms with Crippen LogP contribution in [0, 0.1) is 5.41 Å². The van der Waals surface area contributed by atoms with Crippen molar-refractivity contribution in [2.24, 2.45) is 5.41 Å². The Labute approximate surface area is 134 Å². The van der Waals surface area contributed by atoms with Crippen molar-refractivity contribution in [3.8, 4) is 0 Å². The van der Waals surface area contributed by atoms with Crippen molar-refractivity contribution in [2.75, 3.05) is 13.1 Å². The van der Waals surface area contributed by atoms with Gasteiger partial charge in [-0.1, -0.05) is 13.0 Å². The van der Waals surface area contributed by atoms with Gasteiger partial charge >= 0.3 is 5.97 Å². The van der Waals surface area contributed by atoms with Gasteiger partial charge in [0, 0.05) is 18.5 Å². The highest BCUT2D eigenvalue weighted by molar-refractivity contribution is 6.06. The van der Waals surface area contributed by atoms with Gasteiger partial charge in [-0.2, -0.15) is 0 Å². The molecule has 1 atom stereocenters. The second kappa shape index (κ2) is 5.72. The summed E-state index contributed by atoms with van der Waals surface area (Å²) in [6.45, 7) is 4.59.